The highest BCUT2D eigenvalue weighted by atomic mass is 15.2. The van der Waals surface area contributed by atoms with Crippen molar-refractivity contribution in [3.63, 3.8) is 0 Å². The quantitative estimate of drug-likeness (QED) is 0.786. The number of hydrogen-bond donors (Lipinski definition) is 1. The lowest BCUT2D eigenvalue weighted by atomic mass is 9.91. The van der Waals surface area contributed by atoms with Crippen molar-refractivity contribution in [2.45, 2.75) is 51.2 Å². The van der Waals surface area contributed by atoms with Gasteiger partial charge in [-0.2, -0.15) is 0 Å². The van der Waals surface area contributed by atoms with Crippen molar-refractivity contribution in [3.05, 3.63) is 0 Å². The van der Waals surface area contributed by atoms with Gasteiger partial charge in [0.05, 0.1) is 0 Å². The van der Waals surface area contributed by atoms with Crippen LogP contribution in [0.4, 0.5) is 0 Å². The number of hydrogen-bond acceptors (Lipinski definition) is 3. The molecule has 2 aliphatic rings. The Morgan fingerprint density at radius 3 is 2.47 bits per heavy atom. The van der Waals surface area contributed by atoms with Gasteiger partial charge in [-0.05, 0) is 59.3 Å². The molecule has 0 radical (unpaired) electrons. The highest BCUT2D eigenvalue weighted by Gasteiger charge is 2.29. The van der Waals surface area contributed by atoms with Crippen LogP contribution >= 0.6 is 0 Å². The molecule has 3 nitrogen and oxygen atoms in total. The Kier molecular flexibility index (Phi) is 4.45. The maximum Gasteiger partial charge on any atom is 0.0120 e. The largest absolute Gasteiger partial charge is 0.311 e. The molecule has 0 amide bonds. The minimum absolute atomic E-state index is 0.739. The summed E-state index contributed by atoms with van der Waals surface area (Å²) < 4.78 is 0. The summed E-state index contributed by atoms with van der Waals surface area (Å²) in [5.41, 5.74) is 0. The van der Waals surface area contributed by atoms with Crippen molar-refractivity contribution in [3.8, 4) is 0 Å². The zero-order valence-corrected chi connectivity index (χ0v) is 11.9. The Morgan fingerprint density at radius 2 is 1.82 bits per heavy atom. The van der Waals surface area contributed by atoms with Crippen molar-refractivity contribution < 1.29 is 0 Å². The number of piperidine rings is 2. The van der Waals surface area contributed by atoms with Crippen LogP contribution in [0.2, 0.25) is 0 Å². The fourth-order valence-electron chi connectivity index (χ4n) is 3.35. The second kappa shape index (κ2) is 5.68. The zero-order chi connectivity index (χ0) is 12.4. The Balaban J connectivity index is 1.81. The topological polar surface area (TPSA) is 18.5 Å². The standard InChI is InChI=1S/C14H29N3/c1-11-10-16(3)7-6-14(11)15-13-5-8-17(4)12(2)9-13/h11-15H,5-10H2,1-4H3. The summed E-state index contributed by atoms with van der Waals surface area (Å²) in [6.45, 7) is 8.50. The second-order valence-corrected chi connectivity index (χ2v) is 6.35. The summed E-state index contributed by atoms with van der Waals surface area (Å²) in [4.78, 5) is 4.94. The Morgan fingerprint density at radius 1 is 1.06 bits per heavy atom. The summed E-state index contributed by atoms with van der Waals surface area (Å²) in [5.74, 6) is 0.795. The van der Waals surface area contributed by atoms with Crippen LogP contribution in [0.15, 0.2) is 0 Å². The van der Waals surface area contributed by atoms with Gasteiger partial charge in [-0.3, -0.25) is 0 Å². The number of nitrogens with one attached hydrogen (secondary N) is 1. The predicted octanol–water partition coefficient (Wildman–Crippen LogP) is 1.40. The molecule has 0 aromatic carbocycles. The summed E-state index contributed by atoms with van der Waals surface area (Å²) in [5, 5.41) is 3.93. The molecular formula is C14H29N3. The summed E-state index contributed by atoms with van der Waals surface area (Å²) in [6, 6.07) is 2.23. The molecule has 0 aromatic heterocycles. The van der Waals surface area contributed by atoms with E-state index in [4.69, 9.17) is 0 Å². The van der Waals surface area contributed by atoms with Gasteiger partial charge in [0.25, 0.3) is 0 Å². The lowest BCUT2D eigenvalue weighted by Crippen LogP contribution is -2.53. The molecule has 100 valence electrons. The highest BCUT2D eigenvalue weighted by molar-refractivity contribution is 4.88. The van der Waals surface area contributed by atoms with E-state index < -0.39 is 0 Å². The summed E-state index contributed by atoms with van der Waals surface area (Å²) in [7, 11) is 4.49. The van der Waals surface area contributed by atoms with Crippen LogP contribution in [0, 0.1) is 5.92 Å². The number of nitrogens with zero attached hydrogens (tertiary/aromatic N) is 2. The van der Waals surface area contributed by atoms with E-state index in [9.17, 15) is 0 Å². The lowest BCUT2D eigenvalue weighted by molar-refractivity contribution is 0.126. The molecular weight excluding hydrogens is 210 g/mol. The van der Waals surface area contributed by atoms with Crippen LogP contribution in [0.1, 0.15) is 33.1 Å². The fraction of sp³-hybridized carbons (Fsp3) is 1.00. The SMILES string of the molecule is CC1CN(C)CCC1NC1CCN(C)C(C)C1. The predicted molar refractivity (Wildman–Crippen MR) is 73.3 cm³/mol. The molecule has 2 heterocycles. The maximum absolute atomic E-state index is 3.93. The van der Waals surface area contributed by atoms with Crippen LogP contribution in [0.3, 0.4) is 0 Å². The smallest absolute Gasteiger partial charge is 0.0120 e. The Hall–Kier alpha value is -0.120. The molecule has 4 unspecified atom stereocenters. The van der Waals surface area contributed by atoms with E-state index in [1.165, 1.54) is 38.9 Å². The highest BCUT2D eigenvalue weighted by Crippen LogP contribution is 2.20. The average Bonchev–Trinajstić information content (AvgIpc) is 2.27. The van der Waals surface area contributed by atoms with E-state index in [2.05, 4.69) is 43.1 Å². The van der Waals surface area contributed by atoms with Crippen LogP contribution in [0.25, 0.3) is 0 Å². The fourth-order valence-corrected chi connectivity index (χ4v) is 3.35. The zero-order valence-electron chi connectivity index (χ0n) is 11.9. The number of likely N-dealkylation sites (tertiary alicyclic amines) is 2. The molecule has 0 aliphatic carbocycles. The van der Waals surface area contributed by atoms with E-state index in [-0.39, 0.29) is 0 Å². The van der Waals surface area contributed by atoms with E-state index in [1.54, 1.807) is 0 Å². The van der Waals surface area contributed by atoms with Gasteiger partial charge >= 0.3 is 0 Å². The molecule has 0 spiro atoms. The molecule has 17 heavy (non-hydrogen) atoms. The molecule has 2 rings (SSSR count). The van der Waals surface area contributed by atoms with Crippen molar-refractivity contribution in [2.75, 3.05) is 33.7 Å². The van der Waals surface area contributed by atoms with Crippen LogP contribution in [-0.4, -0.2) is 61.7 Å². The first-order valence-corrected chi connectivity index (χ1v) is 7.21. The average molecular weight is 239 g/mol. The van der Waals surface area contributed by atoms with Crippen molar-refractivity contribution in [1.82, 2.24) is 15.1 Å². The van der Waals surface area contributed by atoms with Gasteiger partial charge in [-0.1, -0.05) is 6.92 Å². The van der Waals surface area contributed by atoms with Gasteiger partial charge in [0, 0.05) is 24.7 Å². The number of rotatable bonds is 2. The van der Waals surface area contributed by atoms with E-state index >= 15 is 0 Å². The van der Waals surface area contributed by atoms with E-state index in [0.29, 0.717) is 0 Å². The van der Waals surface area contributed by atoms with Gasteiger partial charge in [0.15, 0.2) is 0 Å². The molecule has 1 N–H and O–H groups in total. The Bertz CT molecular complexity index is 244. The van der Waals surface area contributed by atoms with Crippen LogP contribution in [-0.2, 0) is 0 Å². The summed E-state index contributed by atoms with van der Waals surface area (Å²) >= 11 is 0. The van der Waals surface area contributed by atoms with Gasteiger partial charge in [0.1, 0.15) is 0 Å². The molecule has 2 fully saturated rings. The van der Waals surface area contributed by atoms with Gasteiger partial charge in [-0.15, -0.1) is 0 Å². The molecule has 0 aromatic rings. The normalized spacial score (nSPS) is 41.6. The monoisotopic (exact) mass is 239 g/mol. The molecule has 2 saturated heterocycles. The van der Waals surface area contributed by atoms with E-state index in [0.717, 1.165) is 24.0 Å². The third kappa shape index (κ3) is 3.43. The van der Waals surface area contributed by atoms with Crippen molar-refractivity contribution in [1.29, 1.82) is 0 Å². The first-order chi connectivity index (χ1) is 8.06. The Labute approximate surface area is 107 Å². The lowest BCUT2D eigenvalue weighted by Gasteiger charge is -2.41. The molecule has 4 atom stereocenters. The molecule has 3 heteroatoms. The first-order valence-electron chi connectivity index (χ1n) is 7.21. The van der Waals surface area contributed by atoms with Gasteiger partial charge < -0.3 is 15.1 Å². The molecule has 2 aliphatic heterocycles. The van der Waals surface area contributed by atoms with E-state index in [1.807, 2.05) is 0 Å². The molecule has 0 bridgehead atoms. The minimum Gasteiger partial charge on any atom is -0.311 e. The summed E-state index contributed by atoms with van der Waals surface area (Å²) in [6.07, 6.45) is 3.95. The third-order valence-corrected chi connectivity index (χ3v) is 4.77. The van der Waals surface area contributed by atoms with Gasteiger partial charge in [-0.25, -0.2) is 0 Å². The van der Waals surface area contributed by atoms with Crippen LogP contribution < -0.4 is 5.32 Å². The van der Waals surface area contributed by atoms with Gasteiger partial charge in [0.2, 0.25) is 0 Å². The first kappa shape index (κ1) is 13.3. The maximum atomic E-state index is 3.93. The molecule has 0 saturated carbocycles. The van der Waals surface area contributed by atoms with Crippen LogP contribution in [0.5, 0.6) is 0 Å². The minimum atomic E-state index is 0.739. The van der Waals surface area contributed by atoms with Crippen molar-refractivity contribution >= 4 is 0 Å². The third-order valence-electron chi connectivity index (χ3n) is 4.77. The van der Waals surface area contributed by atoms with Crippen molar-refractivity contribution in [2.24, 2.45) is 5.92 Å². The second-order valence-electron chi connectivity index (χ2n) is 6.35.